The van der Waals surface area contributed by atoms with Crippen molar-refractivity contribution in [2.24, 2.45) is 0 Å². The highest BCUT2D eigenvalue weighted by atomic mass is 32.2. The summed E-state index contributed by atoms with van der Waals surface area (Å²) in [5.41, 5.74) is 2.24. The molecule has 0 bridgehead atoms. The molecule has 4 rings (SSSR count). The van der Waals surface area contributed by atoms with E-state index in [1.165, 1.54) is 22.9 Å². The number of allylic oxidation sites excluding steroid dienone is 1. The number of aryl methyl sites for hydroxylation is 1. The molecule has 4 aromatic rings. The van der Waals surface area contributed by atoms with Crippen molar-refractivity contribution in [1.82, 2.24) is 24.6 Å². The Morgan fingerprint density at radius 2 is 1.60 bits per heavy atom. The van der Waals surface area contributed by atoms with Crippen molar-refractivity contribution in [3.05, 3.63) is 124 Å². The minimum atomic E-state index is -3.11. The zero-order chi connectivity index (χ0) is 34.8. The topological polar surface area (TPSA) is 71.3 Å². The van der Waals surface area contributed by atoms with Crippen LogP contribution in [0, 0.1) is 11.6 Å². The molecule has 0 aliphatic rings. The zero-order valence-corrected chi connectivity index (χ0v) is 28.1. The van der Waals surface area contributed by atoms with Crippen LogP contribution in [0.25, 0.3) is 11.1 Å². The molecule has 0 aliphatic heterocycles. The number of hydrogen-bond donors (Lipinski definition) is 0. The van der Waals surface area contributed by atoms with Crippen LogP contribution in [0.2, 0.25) is 0 Å². The van der Waals surface area contributed by atoms with E-state index in [-0.39, 0.29) is 40.2 Å². The third kappa shape index (κ3) is 9.41. The Morgan fingerprint density at radius 3 is 2.19 bits per heavy atom. The number of aromatic nitrogens is 3. The molecule has 0 unspecified atom stereocenters. The van der Waals surface area contributed by atoms with Crippen molar-refractivity contribution in [2.45, 2.75) is 57.1 Å². The van der Waals surface area contributed by atoms with Gasteiger partial charge in [0, 0.05) is 37.0 Å². The number of carbonyl (C=O) groups excluding carboxylic acids is 1. The number of halogens is 4. The van der Waals surface area contributed by atoms with Gasteiger partial charge in [0.05, 0.1) is 0 Å². The van der Waals surface area contributed by atoms with Gasteiger partial charge in [-0.1, -0.05) is 93.7 Å². The van der Waals surface area contributed by atoms with E-state index in [0.29, 0.717) is 32.1 Å². The van der Waals surface area contributed by atoms with Gasteiger partial charge in [0.2, 0.25) is 5.91 Å². The van der Waals surface area contributed by atoms with Crippen LogP contribution in [0.15, 0.2) is 89.3 Å². The minimum absolute atomic E-state index is 0.0529. The number of alkyl halides is 2. The Bertz CT molecular complexity index is 1760. The number of nitrogens with zero attached hydrogens (tertiary/aromatic N) is 5. The lowest BCUT2D eigenvalue weighted by Gasteiger charge is -2.27. The summed E-state index contributed by atoms with van der Waals surface area (Å²) in [4.78, 5) is 34.6. The maximum atomic E-state index is 14.3. The fourth-order valence-electron chi connectivity index (χ4n) is 5.00. The summed E-state index contributed by atoms with van der Waals surface area (Å²) in [5.74, 6) is -4.72. The van der Waals surface area contributed by atoms with Crippen LogP contribution in [-0.2, 0) is 36.0 Å². The molecule has 48 heavy (non-hydrogen) atoms. The fraction of sp³-hybridized carbons (Fsp3) is 0.333. The molecule has 7 nitrogen and oxygen atoms in total. The highest BCUT2D eigenvalue weighted by molar-refractivity contribution is 7.98. The number of benzene rings is 3. The first kappa shape index (κ1) is 36.5. The molecule has 0 radical (unpaired) electrons. The summed E-state index contributed by atoms with van der Waals surface area (Å²) in [6.07, 6.45) is 0.931. The lowest BCUT2D eigenvalue weighted by atomic mass is 10.0. The Balaban J connectivity index is 1.56. The highest BCUT2D eigenvalue weighted by Gasteiger charge is 2.26. The molecule has 3 aromatic carbocycles. The van der Waals surface area contributed by atoms with Gasteiger partial charge < -0.3 is 9.80 Å². The molecule has 0 aliphatic carbocycles. The highest BCUT2D eigenvalue weighted by Crippen LogP contribution is 2.31. The van der Waals surface area contributed by atoms with Crippen LogP contribution < -0.4 is 5.56 Å². The van der Waals surface area contributed by atoms with E-state index in [4.69, 9.17) is 0 Å². The number of likely N-dealkylation sites (N-methyl/N-ethyl adjacent to an activating group) is 1. The molecule has 0 fully saturated rings. The largest absolute Gasteiger partial charge is 0.335 e. The van der Waals surface area contributed by atoms with Gasteiger partial charge in [0.25, 0.3) is 11.5 Å². The predicted octanol–water partition coefficient (Wildman–Crippen LogP) is 7.09. The van der Waals surface area contributed by atoms with Crippen molar-refractivity contribution in [2.75, 3.05) is 26.2 Å². The third-order valence-corrected chi connectivity index (χ3v) is 9.03. The van der Waals surface area contributed by atoms with E-state index >= 15 is 0 Å². The van der Waals surface area contributed by atoms with Gasteiger partial charge in [0.15, 0.2) is 5.16 Å². The number of amides is 1. The van der Waals surface area contributed by atoms with E-state index in [1.54, 1.807) is 24.0 Å². The number of rotatable bonds is 16. The van der Waals surface area contributed by atoms with E-state index in [2.05, 4.69) is 35.4 Å². The Kier molecular flexibility index (Phi) is 12.7. The van der Waals surface area contributed by atoms with Crippen molar-refractivity contribution in [3.63, 3.8) is 0 Å². The van der Waals surface area contributed by atoms with Gasteiger partial charge >= 0.3 is 0 Å². The number of carbonyl (C=O) groups is 1. The van der Waals surface area contributed by atoms with Crippen LogP contribution in [0.5, 0.6) is 0 Å². The molecule has 12 heteroatoms. The monoisotopic (exact) mass is 681 g/mol. The van der Waals surface area contributed by atoms with E-state index in [9.17, 15) is 27.2 Å². The normalized spacial score (nSPS) is 11.6. The minimum Gasteiger partial charge on any atom is -0.335 e. The lowest BCUT2D eigenvalue weighted by Crippen LogP contribution is -2.40. The van der Waals surface area contributed by atoms with Crippen molar-refractivity contribution in [3.8, 4) is 11.1 Å². The molecule has 0 spiro atoms. The maximum absolute atomic E-state index is 14.3. The average molecular weight is 682 g/mol. The van der Waals surface area contributed by atoms with Crippen molar-refractivity contribution >= 4 is 17.7 Å². The summed E-state index contributed by atoms with van der Waals surface area (Å²) in [7, 11) is 0. The second-order valence-electron chi connectivity index (χ2n) is 11.1. The summed E-state index contributed by atoms with van der Waals surface area (Å²) >= 11 is 1.04. The molecule has 1 amide bonds. The molecule has 1 heterocycles. The summed E-state index contributed by atoms with van der Waals surface area (Å²) in [6, 6.07) is 16.9. The van der Waals surface area contributed by atoms with E-state index in [1.807, 2.05) is 24.3 Å². The van der Waals surface area contributed by atoms with E-state index in [0.717, 1.165) is 53.7 Å². The van der Waals surface area contributed by atoms with Crippen LogP contribution in [0.4, 0.5) is 17.6 Å². The van der Waals surface area contributed by atoms with Gasteiger partial charge in [0.1, 0.15) is 23.9 Å². The molecule has 1 aromatic heterocycles. The second kappa shape index (κ2) is 16.7. The Labute approximate surface area is 282 Å². The fourth-order valence-corrected chi connectivity index (χ4v) is 5.92. The molecule has 254 valence electrons. The number of thioether (sulfide) groups is 1. The van der Waals surface area contributed by atoms with Crippen LogP contribution in [0.3, 0.4) is 0 Å². The van der Waals surface area contributed by atoms with Gasteiger partial charge in [-0.3, -0.25) is 9.59 Å². The first-order chi connectivity index (χ1) is 23.0. The van der Waals surface area contributed by atoms with Gasteiger partial charge in [-0.15, -0.1) is 0 Å². The lowest BCUT2D eigenvalue weighted by molar-refractivity contribution is -0.133. The first-order valence-corrected chi connectivity index (χ1v) is 16.7. The Hall–Kier alpha value is -4.29. The van der Waals surface area contributed by atoms with Gasteiger partial charge in [-0.25, -0.2) is 13.5 Å². The molecule has 0 saturated heterocycles. The van der Waals surface area contributed by atoms with Crippen LogP contribution in [0.1, 0.15) is 43.2 Å². The summed E-state index contributed by atoms with van der Waals surface area (Å²) in [6.45, 7) is 11.9. The van der Waals surface area contributed by atoms with Crippen LogP contribution in [-0.4, -0.2) is 56.7 Å². The summed E-state index contributed by atoms with van der Waals surface area (Å²) < 4.78 is 57.0. The molecular formula is C36H39F4N5O2S. The molecule has 0 saturated carbocycles. The molecule has 0 N–H and O–H groups in total. The summed E-state index contributed by atoms with van der Waals surface area (Å²) in [5, 5.41) is 4.58. The quantitative estimate of drug-likeness (QED) is 0.0715. The zero-order valence-electron chi connectivity index (χ0n) is 27.3. The second-order valence-corrected chi connectivity index (χ2v) is 12.1. The first-order valence-electron chi connectivity index (χ1n) is 15.7. The van der Waals surface area contributed by atoms with Crippen molar-refractivity contribution in [1.29, 1.82) is 0 Å². The standard InChI is InChI=1S/C36H39F4N5O2S/c1-5-32-34(47)41-35(48-24-28-15-18-30(37)21-31(28)38)45(42-32)23-33(46)44(20-19-43(7-3)8-4)22-25-9-11-26(12-10-25)27-13-16-29(17-14-27)36(39,40)6-2/h6,9-18,21H,2,5,7-8,19-20,22-24H2,1,3-4H3. The third-order valence-electron chi connectivity index (χ3n) is 8.02. The average Bonchev–Trinajstić information content (AvgIpc) is 3.09. The predicted molar refractivity (Wildman–Crippen MR) is 181 cm³/mol. The van der Waals surface area contributed by atoms with Gasteiger partial charge in [-0.05, 0) is 53.9 Å². The maximum Gasteiger partial charge on any atom is 0.295 e. The molecule has 0 atom stereocenters. The molecular weight excluding hydrogens is 642 g/mol. The van der Waals surface area contributed by atoms with Crippen LogP contribution >= 0.6 is 11.8 Å². The number of hydrogen-bond acceptors (Lipinski definition) is 6. The van der Waals surface area contributed by atoms with E-state index < -0.39 is 23.1 Å². The van der Waals surface area contributed by atoms with Gasteiger partial charge in [-0.2, -0.15) is 18.9 Å². The van der Waals surface area contributed by atoms with Crippen molar-refractivity contribution < 1.29 is 22.4 Å². The SMILES string of the molecule is C=CC(F)(F)c1ccc(-c2ccc(CN(CCN(CC)CC)C(=O)Cn3nc(CC)c(=O)nc3SCc3ccc(F)cc3F)cc2)cc1. The smallest absolute Gasteiger partial charge is 0.295 e. The Morgan fingerprint density at radius 1 is 0.958 bits per heavy atom.